The predicted molar refractivity (Wildman–Crippen MR) is 108 cm³/mol. The number of rotatable bonds is 6. The van der Waals surface area contributed by atoms with Crippen molar-refractivity contribution < 1.29 is 9.53 Å². The summed E-state index contributed by atoms with van der Waals surface area (Å²) in [7, 11) is 0. The van der Waals surface area contributed by atoms with Gasteiger partial charge >= 0.3 is 0 Å². The van der Waals surface area contributed by atoms with Gasteiger partial charge in [0.1, 0.15) is 17.4 Å². The summed E-state index contributed by atoms with van der Waals surface area (Å²) in [4.78, 5) is 12.3. The van der Waals surface area contributed by atoms with Gasteiger partial charge in [-0.3, -0.25) is 4.79 Å². The van der Waals surface area contributed by atoms with Gasteiger partial charge in [0.2, 0.25) is 0 Å². The number of anilines is 1. The summed E-state index contributed by atoms with van der Waals surface area (Å²) in [6.07, 6.45) is 1.57. The van der Waals surface area contributed by atoms with Gasteiger partial charge in [0.25, 0.3) is 5.91 Å². The summed E-state index contributed by atoms with van der Waals surface area (Å²) in [5, 5.41) is 12.1. The number of hydrogen-bond acceptors (Lipinski definition) is 3. The van der Waals surface area contributed by atoms with E-state index in [1.807, 2.05) is 48.5 Å². The Morgan fingerprint density at radius 1 is 1.24 bits per heavy atom. The summed E-state index contributed by atoms with van der Waals surface area (Å²) in [5.74, 6) is 0.800. The molecule has 2 rings (SSSR count). The Hall–Kier alpha value is -2.33. The Kier molecular flexibility index (Phi) is 7.02. The van der Waals surface area contributed by atoms with Crippen molar-refractivity contribution in [2.45, 2.75) is 13.8 Å². The highest BCUT2D eigenvalue weighted by molar-refractivity contribution is 14.1. The number of ether oxygens (including phenoxy) is 1. The number of hydrogen-bond donors (Lipinski definition) is 1. The highest BCUT2D eigenvalue weighted by Crippen LogP contribution is 2.19. The van der Waals surface area contributed by atoms with E-state index in [9.17, 15) is 10.1 Å². The Balaban J connectivity index is 2.10. The molecule has 0 atom stereocenters. The van der Waals surface area contributed by atoms with Gasteiger partial charge in [-0.05, 0) is 64.4 Å². The van der Waals surface area contributed by atoms with E-state index in [2.05, 4.69) is 41.8 Å². The van der Waals surface area contributed by atoms with Gasteiger partial charge in [0, 0.05) is 3.57 Å². The molecule has 0 fully saturated rings. The number of nitrogens with zero attached hydrogens (tertiary/aromatic N) is 1. The molecule has 0 aliphatic heterocycles. The van der Waals surface area contributed by atoms with Gasteiger partial charge in [-0.25, -0.2) is 0 Å². The lowest BCUT2D eigenvalue weighted by atomic mass is 10.1. The maximum Gasteiger partial charge on any atom is 0.266 e. The molecular formula is C20H19IN2O2. The van der Waals surface area contributed by atoms with Crippen LogP contribution in [0.2, 0.25) is 0 Å². The molecule has 4 nitrogen and oxygen atoms in total. The maximum absolute atomic E-state index is 12.3. The molecule has 0 unspecified atom stereocenters. The third-order valence-corrected chi connectivity index (χ3v) is 4.20. The van der Waals surface area contributed by atoms with Crippen LogP contribution < -0.4 is 10.1 Å². The highest BCUT2D eigenvalue weighted by atomic mass is 127. The van der Waals surface area contributed by atoms with Crippen LogP contribution in [0.5, 0.6) is 5.75 Å². The van der Waals surface area contributed by atoms with Crippen LogP contribution in [-0.2, 0) is 4.79 Å². The summed E-state index contributed by atoms with van der Waals surface area (Å²) >= 11 is 2.14. The zero-order chi connectivity index (χ0) is 18.2. The average Bonchev–Trinajstić information content (AvgIpc) is 2.60. The second-order valence-electron chi connectivity index (χ2n) is 5.88. The molecule has 0 spiro atoms. The molecule has 0 saturated heterocycles. The van der Waals surface area contributed by atoms with E-state index >= 15 is 0 Å². The first-order chi connectivity index (χ1) is 12.0. The smallest absolute Gasteiger partial charge is 0.266 e. The van der Waals surface area contributed by atoms with Gasteiger partial charge in [0.15, 0.2) is 0 Å². The number of nitriles is 1. The topological polar surface area (TPSA) is 62.1 Å². The first-order valence-electron chi connectivity index (χ1n) is 7.90. The third kappa shape index (κ3) is 5.91. The lowest BCUT2D eigenvalue weighted by Crippen LogP contribution is -2.14. The lowest BCUT2D eigenvalue weighted by molar-refractivity contribution is -0.112. The first kappa shape index (κ1) is 19.0. The summed E-state index contributed by atoms with van der Waals surface area (Å²) in [5.41, 5.74) is 1.51. The molecule has 128 valence electrons. The quantitative estimate of drug-likeness (QED) is 0.391. The van der Waals surface area contributed by atoms with Crippen LogP contribution in [0.3, 0.4) is 0 Å². The van der Waals surface area contributed by atoms with E-state index in [1.165, 1.54) is 0 Å². The fourth-order valence-electron chi connectivity index (χ4n) is 1.99. The molecule has 2 aromatic rings. The molecule has 25 heavy (non-hydrogen) atoms. The molecular weight excluding hydrogens is 427 g/mol. The van der Waals surface area contributed by atoms with Gasteiger partial charge < -0.3 is 10.1 Å². The minimum Gasteiger partial charge on any atom is -0.493 e. The Morgan fingerprint density at radius 2 is 1.92 bits per heavy atom. The zero-order valence-electron chi connectivity index (χ0n) is 14.1. The highest BCUT2D eigenvalue weighted by Gasteiger charge is 2.11. The lowest BCUT2D eigenvalue weighted by Gasteiger charge is -2.09. The van der Waals surface area contributed by atoms with Crippen LogP contribution >= 0.6 is 22.6 Å². The molecule has 0 bridgehead atoms. The monoisotopic (exact) mass is 446 g/mol. The van der Waals surface area contributed by atoms with Crippen molar-refractivity contribution in [1.82, 2.24) is 0 Å². The van der Waals surface area contributed by atoms with Crippen LogP contribution in [0.4, 0.5) is 5.69 Å². The fourth-order valence-corrected chi connectivity index (χ4v) is 2.51. The standard InChI is InChI=1S/C20H19IN2O2/c1-14(2)13-25-17-9-7-15(8-10-17)11-16(12-22)20(24)23-19-6-4-3-5-18(19)21/h3-11,14H,13H2,1-2H3,(H,23,24). The second-order valence-corrected chi connectivity index (χ2v) is 7.04. The van der Waals surface area contributed by atoms with Crippen LogP contribution in [0.1, 0.15) is 19.4 Å². The number of halogens is 1. The van der Waals surface area contributed by atoms with E-state index in [-0.39, 0.29) is 5.57 Å². The van der Waals surface area contributed by atoms with Crippen molar-refractivity contribution in [1.29, 1.82) is 5.26 Å². The minimum atomic E-state index is -0.424. The average molecular weight is 446 g/mol. The molecule has 0 aliphatic carbocycles. The van der Waals surface area contributed by atoms with E-state index in [0.29, 0.717) is 18.2 Å². The molecule has 0 aromatic heterocycles. The minimum absolute atomic E-state index is 0.0514. The maximum atomic E-state index is 12.3. The number of amides is 1. The van der Waals surface area contributed by atoms with Gasteiger partial charge in [-0.2, -0.15) is 5.26 Å². The second kappa shape index (κ2) is 9.23. The van der Waals surface area contributed by atoms with Crippen molar-refractivity contribution in [3.8, 4) is 11.8 Å². The molecule has 0 radical (unpaired) electrons. The van der Waals surface area contributed by atoms with E-state index in [1.54, 1.807) is 12.1 Å². The Bertz CT molecular complexity index is 805. The normalized spacial score (nSPS) is 11.1. The van der Waals surface area contributed by atoms with Crippen LogP contribution in [0.25, 0.3) is 6.08 Å². The Morgan fingerprint density at radius 3 is 2.52 bits per heavy atom. The Labute approximate surface area is 161 Å². The van der Waals surface area contributed by atoms with Crippen LogP contribution in [0, 0.1) is 20.8 Å². The molecule has 0 aliphatic rings. The van der Waals surface area contributed by atoms with Crippen LogP contribution in [0.15, 0.2) is 54.1 Å². The molecule has 2 aromatic carbocycles. The summed E-state index contributed by atoms with van der Waals surface area (Å²) in [6, 6.07) is 16.7. The predicted octanol–water partition coefficient (Wildman–Crippen LogP) is 4.87. The third-order valence-electron chi connectivity index (χ3n) is 3.26. The van der Waals surface area contributed by atoms with Crippen molar-refractivity contribution in [3.05, 3.63) is 63.2 Å². The molecule has 1 amide bonds. The summed E-state index contributed by atoms with van der Waals surface area (Å²) in [6.45, 7) is 4.82. The summed E-state index contributed by atoms with van der Waals surface area (Å²) < 4.78 is 6.54. The van der Waals surface area contributed by atoms with Crippen molar-refractivity contribution in [3.63, 3.8) is 0 Å². The fraction of sp³-hybridized carbons (Fsp3) is 0.200. The number of carbonyl (C=O) groups excluding carboxylic acids is 1. The first-order valence-corrected chi connectivity index (χ1v) is 8.98. The van der Waals surface area contributed by atoms with E-state index in [4.69, 9.17) is 4.74 Å². The van der Waals surface area contributed by atoms with Gasteiger partial charge in [-0.1, -0.05) is 38.1 Å². The van der Waals surface area contributed by atoms with Crippen molar-refractivity contribution in [2.24, 2.45) is 5.92 Å². The molecule has 0 heterocycles. The van der Waals surface area contributed by atoms with Crippen molar-refractivity contribution >= 4 is 40.3 Å². The van der Waals surface area contributed by atoms with Crippen molar-refractivity contribution in [2.75, 3.05) is 11.9 Å². The number of carbonyl (C=O) groups is 1. The molecule has 5 heteroatoms. The van der Waals surface area contributed by atoms with E-state index < -0.39 is 5.91 Å². The van der Waals surface area contributed by atoms with Gasteiger partial charge in [-0.15, -0.1) is 0 Å². The van der Waals surface area contributed by atoms with Crippen LogP contribution in [-0.4, -0.2) is 12.5 Å². The SMILES string of the molecule is CC(C)COc1ccc(C=C(C#N)C(=O)Nc2ccccc2I)cc1. The van der Waals surface area contributed by atoms with E-state index in [0.717, 1.165) is 14.9 Å². The number of benzene rings is 2. The molecule has 0 saturated carbocycles. The largest absolute Gasteiger partial charge is 0.493 e. The zero-order valence-corrected chi connectivity index (χ0v) is 16.3. The number of nitrogens with one attached hydrogen (secondary N) is 1. The number of para-hydroxylation sites is 1. The van der Waals surface area contributed by atoms with Gasteiger partial charge in [0.05, 0.1) is 12.3 Å². The molecule has 1 N–H and O–H groups in total.